The van der Waals surface area contributed by atoms with E-state index in [0.29, 0.717) is 11.4 Å². The lowest BCUT2D eigenvalue weighted by Crippen LogP contribution is -2.52. The maximum Gasteiger partial charge on any atom is 0.284 e. The Bertz CT molecular complexity index is 398. The number of amides is 1. The molecule has 0 spiro atoms. The van der Waals surface area contributed by atoms with Crippen molar-refractivity contribution in [3.05, 3.63) is 24.0 Å². The monoisotopic (exact) mass is 250 g/mol. The number of pyridine rings is 1. The number of hydrazine groups is 2. The van der Waals surface area contributed by atoms with Crippen molar-refractivity contribution in [1.82, 2.24) is 20.3 Å². The topological polar surface area (TPSA) is 86.5 Å². The van der Waals surface area contributed by atoms with Crippen LogP contribution in [0.2, 0.25) is 0 Å². The molecule has 0 aliphatic carbocycles. The molecule has 0 unspecified atom stereocenters. The highest BCUT2D eigenvalue weighted by molar-refractivity contribution is 5.92. The zero-order chi connectivity index (χ0) is 13.0. The van der Waals surface area contributed by atoms with E-state index in [9.17, 15) is 4.79 Å². The Kier molecular flexibility index (Phi) is 4.08. The van der Waals surface area contributed by atoms with Gasteiger partial charge in [-0.05, 0) is 19.2 Å². The number of carbonyl (C=O) groups is 1. The van der Waals surface area contributed by atoms with Crippen LogP contribution in [-0.4, -0.2) is 54.0 Å². The molecule has 1 saturated heterocycles. The highest BCUT2D eigenvalue weighted by Crippen LogP contribution is 2.04. The van der Waals surface area contributed by atoms with E-state index in [1.54, 1.807) is 12.1 Å². The molecule has 1 aromatic rings. The first-order valence-electron chi connectivity index (χ1n) is 5.86. The van der Waals surface area contributed by atoms with Crippen molar-refractivity contribution >= 4 is 11.6 Å². The predicted octanol–water partition coefficient (Wildman–Crippen LogP) is -0.741. The molecule has 0 radical (unpaired) electrons. The van der Waals surface area contributed by atoms with E-state index < -0.39 is 0 Å². The Hall–Kier alpha value is -1.70. The average Bonchev–Trinajstić information content (AvgIpc) is 2.41. The van der Waals surface area contributed by atoms with E-state index in [0.717, 1.165) is 26.2 Å². The van der Waals surface area contributed by atoms with Gasteiger partial charge in [0.05, 0.1) is 11.9 Å². The summed E-state index contributed by atoms with van der Waals surface area (Å²) >= 11 is 0. The van der Waals surface area contributed by atoms with E-state index in [1.807, 2.05) is 5.01 Å². The van der Waals surface area contributed by atoms with E-state index in [1.165, 1.54) is 6.20 Å². The summed E-state index contributed by atoms with van der Waals surface area (Å²) in [5.74, 6) is 5.04. The minimum absolute atomic E-state index is 0.192. The quantitative estimate of drug-likeness (QED) is 0.484. The smallest absolute Gasteiger partial charge is 0.284 e. The molecular formula is C11H18N6O. The Labute approximate surface area is 106 Å². The van der Waals surface area contributed by atoms with E-state index in [-0.39, 0.29) is 5.91 Å². The molecule has 98 valence electrons. The number of hydrogen-bond acceptors (Lipinski definition) is 6. The van der Waals surface area contributed by atoms with Crippen LogP contribution in [0.1, 0.15) is 10.5 Å². The van der Waals surface area contributed by atoms with Crippen molar-refractivity contribution in [2.75, 3.05) is 38.7 Å². The van der Waals surface area contributed by atoms with Gasteiger partial charge in [0.2, 0.25) is 0 Å². The van der Waals surface area contributed by atoms with E-state index in [2.05, 4.69) is 27.8 Å². The lowest BCUT2D eigenvalue weighted by molar-refractivity contribution is 0.0658. The first kappa shape index (κ1) is 12.7. The fraction of sp³-hybridized carbons (Fsp3) is 0.455. The Balaban J connectivity index is 1.90. The number of carbonyl (C=O) groups excluding carboxylic acids is 1. The zero-order valence-electron chi connectivity index (χ0n) is 10.4. The van der Waals surface area contributed by atoms with Gasteiger partial charge in [0.15, 0.2) is 0 Å². The number of nitrogen functional groups attached to an aromatic ring is 1. The second-order valence-corrected chi connectivity index (χ2v) is 4.31. The largest absolute Gasteiger partial charge is 0.323 e. The maximum atomic E-state index is 11.9. The molecule has 2 rings (SSSR count). The minimum atomic E-state index is -0.192. The molecule has 2 heterocycles. The predicted molar refractivity (Wildman–Crippen MR) is 68.6 cm³/mol. The zero-order valence-corrected chi connectivity index (χ0v) is 10.4. The summed E-state index contributed by atoms with van der Waals surface area (Å²) in [4.78, 5) is 18.2. The number of likely N-dealkylation sites (N-methyl/N-ethyl adjacent to an activating group) is 1. The minimum Gasteiger partial charge on any atom is -0.323 e. The van der Waals surface area contributed by atoms with Gasteiger partial charge in [-0.25, -0.2) is 9.99 Å². The van der Waals surface area contributed by atoms with Crippen LogP contribution in [0, 0.1) is 0 Å². The fourth-order valence-corrected chi connectivity index (χ4v) is 1.73. The van der Waals surface area contributed by atoms with Gasteiger partial charge >= 0.3 is 0 Å². The number of rotatable bonds is 3. The standard InChI is InChI=1S/C11H18N6O/c1-16-4-6-17(7-5-16)15-11(18)10-3-2-9(14-12)8-13-10/h2-3,8,14H,4-7,12H2,1H3,(H,15,18). The summed E-state index contributed by atoms with van der Waals surface area (Å²) in [6.07, 6.45) is 1.53. The lowest BCUT2D eigenvalue weighted by atomic mass is 10.3. The van der Waals surface area contributed by atoms with Gasteiger partial charge in [-0.3, -0.25) is 16.1 Å². The Morgan fingerprint density at radius 1 is 1.33 bits per heavy atom. The first-order chi connectivity index (χ1) is 8.69. The van der Waals surface area contributed by atoms with Gasteiger partial charge in [-0.2, -0.15) is 0 Å². The van der Waals surface area contributed by atoms with Crippen LogP contribution >= 0.6 is 0 Å². The number of nitrogens with one attached hydrogen (secondary N) is 2. The van der Waals surface area contributed by atoms with E-state index >= 15 is 0 Å². The van der Waals surface area contributed by atoms with Crippen LogP contribution in [-0.2, 0) is 0 Å². The van der Waals surface area contributed by atoms with Crippen molar-refractivity contribution < 1.29 is 4.79 Å². The summed E-state index contributed by atoms with van der Waals surface area (Å²) < 4.78 is 0. The molecule has 1 fully saturated rings. The highest BCUT2D eigenvalue weighted by Gasteiger charge is 2.16. The van der Waals surface area contributed by atoms with Gasteiger partial charge < -0.3 is 10.3 Å². The lowest BCUT2D eigenvalue weighted by Gasteiger charge is -2.32. The van der Waals surface area contributed by atoms with Crippen molar-refractivity contribution in [3.63, 3.8) is 0 Å². The summed E-state index contributed by atoms with van der Waals surface area (Å²) in [7, 11) is 2.07. The Morgan fingerprint density at radius 2 is 2.06 bits per heavy atom. The normalized spacial score (nSPS) is 17.4. The SMILES string of the molecule is CN1CCN(NC(=O)c2ccc(NN)cn2)CC1. The van der Waals surface area contributed by atoms with Crippen LogP contribution in [0.5, 0.6) is 0 Å². The molecule has 1 aliphatic heterocycles. The molecule has 1 amide bonds. The molecule has 4 N–H and O–H groups in total. The summed E-state index contributed by atoms with van der Waals surface area (Å²) in [6, 6.07) is 3.35. The average molecular weight is 250 g/mol. The molecule has 0 bridgehead atoms. The van der Waals surface area contributed by atoms with Crippen LogP contribution in [0.3, 0.4) is 0 Å². The second kappa shape index (κ2) is 5.76. The van der Waals surface area contributed by atoms with Crippen LogP contribution in [0.25, 0.3) is 0 Å². The fourth-order valence-electron chi connectivity index (χ4n) is 1.73. The molecule has 0 atom stereocenters. The third-order valence-electron chi connectivity index (χ3n) is 2.93. The van der Waals surface area contributed by atoms with Crippen molar-refractivity contribution in [2.24, 2.45) is 5.84 Å². The van der Waals surface area contributed by atoms with Crippen LogP contribution in [0.4, 0.5) is 5.69 Å². The van der Waals surface area contributed by atoms with Crippen molar-refractivity contribution in [3.8, 4) is 0 Å². The van der Waals surface area contributed by atoms with E-state index in [4.69, 9.17) is 5.84 Å². The number of anilines is 1. The maximum absolute atomic E-state index is 11.9. The molecule has 1 aliphatic rings. The second-order valence-electron chi connectivity index (χ2n) is 4.31. The van der Waals surface area contributed by atoms with Crippen LogP contribution in [0.15, 0.2) is 18.3 Å². The number of nitrogens with zero attached hydrogens (tertiary/aromatic N) is 3. The van der Waals surface area contributed by atoms with Gasteiger partial charge in [0.1, 0.15) is 5.69 Å². The molecule has 7 heteroatoms. The van der Waals surface area contributed by atoms with Gasteiger partial charge in [0.25, 0.3) is 5.91 Å². The molecule has 1 aromatic heterocycles. The first-order valence-corrected chi connectivity index (χ1v) is 5.86. The van der Waals surface area contributed by atoms with Crippen molar-refractivity contribution in [2.45, 2.75) is 0 Å². The van der Waals surface area contributed by atoms with Gasteiger partial charge in [0, 0.05) is 26.2 Å². The summed E-state index contributed by atoms with van der Waals surface area (Å²) in [5.41, 5.74) is 6.37. The molecular weight excluding hydrogens is 232 g/mol. The number of aromatic nitrogens is 1. The number of hydrogen-bond donors (Lipinski definition) is 3. The highest BCUT2D eigenvalue weighted by atomic mass is 16.2. The number of piperazine rings is 1. The third kappa shape index (κ3) is 3.16. The molecule has 7 nitrogen and oxygen atoms in total. The molecule has 0 saturated carbocycles. The van der Waals surface area contributed by atoms with Gasteiger partial charge in [-0.1, -0.05) is 0 Å². The van der Waals surface area contributed by atoms with Gasteiger partial charge in [-0.15, -0.1) is 0 Å². The summed E-state index contributed by atoms with van der Waals surface area (Å²) in [6.45, 7) is 3.54. The molecule has 18 heavy (non-hydrogen) atoms. The van der Waals surface area contributed by atoms with Crippen molar-refractivity contribution in [1.29, 1.82) is 0 Å². The van der Waals surface area contributed by atoms with Crippen LogP contribution < -0.4 is 16.7 Å². The summed E-state index contributed by atoms with van der Waals surface area (Å²) in [5, 5.41) is 1.92. The number of nitrogens with two attached hydrogens (primary N) is 1. The Morgan fingerprint density at radius 3 is 2.61 bits per heavy atom. The molecule has 0 aromatic carbocycles. The third-order valence-corrected chi connectivity index (χ3v) is 2.93.